The first-order valence-electron chi connectivity index (χ1n) is 8.59. The van der Waals surface area contributed by atoms with Gasteiger partial charge < -0.3 is 19.6 Å². The highest BCUT2D eigenvalue weighted by Gasteiger charge is 2.28. The number of rotatable bonds is 4. The van der Waals surface area contributed by atoms with Crippen molar-refractivity contribution in [2.45, 2.75) is 40.7 Å². The molecule has 0 unspecified atom stereocenters. The summed E-state index contributed by atoms with van der Waals surface area (Å²) in [5.74, 6) is 2.25. The number of hydrogen-bond donors (Lipinski definition) is 1. The van der Waals surface area contributed by atoms with Crippen molar-refractivity contribution in [3.05, 3.63) is 40.3 Å². The van der Waals surface area contributed by atoms with Crippen molar-refractivity contribution in [2.24, 2.45) is 5.16 Å². The maximum absolute atomic E-state index is 9.36. The molecule has 1 aromatic carbocycles. The van der Waals surface area contributed by atoms with Gasteiger partial charge in [-0.1, -0.05) is 12.1 Å². The van der Waals surface area contributed by atoms with Crippen LogP contribution in [0.1, 0.15) is 41.6 Å². The molecule has 0 saturated carbocycles. The maximum Gasteiger partial charge on any atom is 0.144 e. The van der Waals surface area contributed by atoms with E-state index in [1.807, 2.05) is 44.7 Å². The first-order valence-corrected chi connectivity index (χ1v) is 8.59. The summed E-state index contributed by atoms with van der Waals surface area (Å²) >= 11 is 0. The standard InChI is InChI=1S/C19H24N4O3/c1-6-16(22-24)17-15-9-26-10-23(19(15)21-13(4)20-17)18-11(2)7-14(25-5)8-12(18)3/h7-8,24H,6,9-10H2,1-5H3/b22-16-. The molecule has 0 radical (unpaired) electrons. The summed E-state index contributed by atoms with van der Waals surface area (Å²) in [7, 11) is 1.66. The van der Waals surface area contributed by atoms with Gasteiger partial charge in [-0.15, -0.1) is 0 Å². The number of fused-ring (bicyclic) bond motifs is 1. The van der Waals surface area contributed by atoms with Gasteiger partial charge in [-0.05, 0) is 50.5 Å². The van der Waals surface area contributed by atoms with Crippen LogP contribution in [0.2, 0.25) is 0 Å². The smallest absolute Gasteiger partial charge is 0.144 e. The summed E-state index contributed by atoms with van der Waals surface area (Å²) in [5.41, 5.74) is 5.19. The zero-order valence-electron chi connectivity index (χ0n) is 15.8. The quantitative estimate of drug-likeness (QED) is 0.512. The van der Waals surface area contributed by atoms with Crippen molar-refractivity contribution in [3.63, 3.8) is 0 Å². The number of hydrogen-bond acceptors (Lipinski definition) is 7. The van der Waals surface area contributed by atoms with E-state index in [4.69, 9.17) is 9.47 Å². The van der Waals surface area contributed by atoms with E-state index in [-0.39, 0.29) is 0 Å². The summed E-state index contributed by atoms with van der Waals surface area (Å²) in [4.78, 5) is 11.2. The van der Waals surface area contributed by atoms with Gasteiger partial charge in [0.05, 0.1) is 25.1 Å². The van der Waals surface area contributed by atoms with Crippen LogP contribution < -0.4 is 9.64 Å². The van der Waals surface area contributed by atoms with Gasteiger partial charge in [-0.25, -0.2) is 9.97 Å². The third-order valence-corrected chi connectivity index (χ3v) is 4.52. The van der Waals surface area contributed by atoms with E-state index in [1.54, 1.807) is 7.11 Å². The number of aromatic nitrogens is 2. The number of nitrogens with zero attached hydrogens (tertiary/aromatic N) is 4. The minimum atomic E-state index is 0.384. The van der Waals surface area contributed by atoms with E-state index in [2.05, 4.69) is 15.1 Å². The lowest BCUT2D eigenvalue weighted by Gasteiger charge is -2.33. The lowest BCUT2D eigenvalue weighted by Crippen LogP contribution is -2.31. The fourth-order valence-electron chi connectivity index (χ4n) is 3.39. The first kappa shape index (κ1) is 18.1. The summed E-state index contributed by atoms with van der Waals surface area (Å²) in [6, 6.07) is 4.00. The topological polar surface area (TPSA) is 80.1 Å². The highest BCUT2D eigenvalue weighted by atomic mass is 16.5. The third kappa shape index (κ3) is 3.10. The lowest BCUT2D eigenvalue weighted by molar-refractivity contribution is 0.115. The highest BCUT2D eigenvalue weighted by Crippen LogP contribution is 2.38. The third-order valence-electron chi connectivity index (χ3n) is 4.52. The molecule has 0 bridgehead atoms. The molecule has 1 aromatic heterocycles. The number of ether oxygens (including phenoxy) is 2. The van der Waals surface area contributed by atoms with E-state index in [9.17, 15) is 5.21 Å². The number of methoxy groups -OCH3 is 1. The average Bonchev–Trinajstić information content (AvgIpc) is 2.62. The SMILES string of the molecule is CC/C(=N/O)c1nc(C)nc2c1COCN2c1c(C)cc(OC)cc1C. The number of oxime groups is 1. The van der Waals surface area contributed by atoms with E-state index < -0.39 is 0 Å². The van der Waals surface area contributed by atoms with Crippen molar-refractivity contribution in [2.75, 3.05) is 18.7 Å². The molecule has 0 amide bonds. The summed E-state index contributed by atoms with van der Waals surface area (Å²) < 4.78 is 11.2. The Hall–Kier alpha value is -2.67. The molecule has 7 heteroatoms. The van der Waals surface area contributed by atoms with Gasteiger partial charge in [-0.3, -0.25) is 0 Å². The molecule has 7 nitrogen and oxygen atoms in total. The van der Waals surface area contributed by atoms with Gasteiger partial charge in [-0.2, -0.15) is 0 Å². The fraction of sp³-hybridized carbons (Fsp3) is 0.421. The van der Waals surface area contributed by atoms with Crippen LogP contribution in [0.3, 0.4) is 0 Å². The molecule has 26 heavy (non-hydrogen) atoms. The van der Waals surface area contributed by atoms with E-state index in [0.717, 1.165) is 33.9 Å². The minimum absolute atomic E-state index is 0.384. The van der Waals surface area contributed by atoms with Crippen LogP contribution in [0.5, 0.6) is 5.75 Å². The molecule has 1 N–H and O–H groups in total. The molecule has 0 atom stereocenters. The summed E-state index contributed by atoms with van der Waals surface area (Å²) in [5, 5.41) is 12.8. The van der Waals surface area contributed by atoms with Crippen LogP contribution >= 0.6 is 0 Å². The van der Waals surface area contributed by atoms with Crippen LogP contribution in [0.25, 0.3) is 0 Å². The summed E-state index contributed by atoms with van der Waals surface area (Å²) in [6.45, 7) is 8.64. The predicted octanol–water partition coefficient (Wildman–Crippen LogP) is 3.62. The van der Waals surface area contributed by atoms with Gasteiger partial charge in [0.2, 0.25) is 0 Å². The zero-order valence-corrected chi connectivity index (χ0v) is 15.8. The molecule has 1 aliphatic rings. The Bertz CT molecular complexity index is 841. The molecule has 1 aliphatic heterocycles. The van der Waals surface area contributed by atoms with Crippen molar-refractivity contribution in [1.29, 1.82) is 0 Å². The molecule has 0 aliphatic carbocycles. The Morgan fingerprint density at radius 1 is 1.27 bits per heavy atom. The maximum atomic E-state index is 9.36. The molecule has 2 heterocycles. The molecule has 2 aromatic rings. The van der Waals surface area contributed by atoms with E-state index >= 15 is 0 Å². The average molecular weight is 356 g/mol. The predicted molar refractivity (Wildman–Crippen MR) is 99.6 cm³/mol. The van der Waals surface area contributed by atoms with Crippen molar-refractivity contribution in [3.8, 4) is 5.75 Å². The van der Waals surface area contributed by atoms with Gasteiger partial charge in [0, 0.05) is 5.56 Å². The van der Waals surface area contributed by atoms with Crippen LogP contribution in [0.15, 0.2) is 17.3 Å². The second-order valence-electron chi connectivity index (χ2n) is 6.34. The lowest BCUT2D eigenvalue weighted by atomic mass is 10.0. The second-order valence-corrected chi connectivity index (χ2v) is 6.34. The normalized spacial score (nSPS) is 14.3. The number of benzene rings is 1. The molecule has 3 rings (SSSR count). The van der Waals surface area contributed by atoms with Crippen LogP contribution in [0.4, 0.5) is 11.5 Å². The number of aryl methyl sites for hydroxylation is 3. The van der Waals surface area contributed by atoms with Gasteiger partial charge >= 0.3 is 0 Å². The molecule has 0 fully saturated rings. The zero-order chi connectivity index (χ0) is 18.8. The Kier molecular flexibility index (Phi) is 5.08. The Balaban J connectivity index is 2.19. The van der Waals surface area contributed by atoms with E-state index in [1.165, 1.54) is 0 Å². The van der Waals surface area contributed by atoms with E-state index in [0.29, 0.717) is 37.0 Å². The van der Waals surface area contributed by atoms with Crippen LogP contribution in [-0.4, -0.2) is 34.7 Å². The van der Waals surface area contributed by atoms with Crippen molar-refractivity contribution in [1.82, 2.24) is 9.97 Å². The van der Waals surface area contributed by atoms with Gasteiger partial charge in [0.25, 0.3) is 0 Å². The molecule has 0 saturated heterocycles. The van der Waals surface area contributed by atoms with Crippen molar-refractivity contribution >= 4 is 17.2 Å². The monoisotopic (exact) mass is 356 g/mol. The molecule has 0 spiro atoms. The Morgan fingerprint density at radius 2 is 1.96 bits per heavy atom. The van der Waals surface area contributed by atoms with Gasteiger partial charge in [0.1, 0.15) is 29.8 Å². The van der Waals surface area contributed by atoms with Crippen LogP contribution in [0, 0.1) is 20.8 Å². The minimum Gasteiger partial charge on any atom is -0.497 e. The number of anilines is 2. The summed E-state index contributed by atoms with van der Waals surface area (Å²) in [6.07, 6.45) is 0.569. The van der Waals surface area contributed by atoms with Crippen molar-refractivity contribution < 1.29 is 14.7 Å². The Labute approximate surface area is 153 Å². The fourth-order valence-corrected chi connectivity index (χ4v) is 3.39. The molecule has 138 valence electrons. The first-order chi connectivity index (χ1) is 12.5. The van der Waals surface area contributed by atoms with Crippen LogP contribution in [-0.2, 0) is 11.3 Å². The second kappa shape index (κ2) is 7.29. The molecular weight excluding hydrogens is 332 g/mol. The van der Waals surface area contributed by atoms with Gasteiger partial charge in [0.15, 0.2) is 0 Å². The molecular formula is C19H24N4O3. The highest BCUT2D eigenvalue weighted by molar-refractivity contribution is 6.00. The largest absolute Gasteiger partial charge is 0.497 e. The Morgan fingerprint density at radius 3 is 2.54 bits per heavy atom.